The largest absolute Gasteiger partial charge is 0.384 e. The number of nitrogens with zero attached hydrogens (tertiary/aromatic N) is 2. The highest BCUT2D eigenvalue weighted by molar-refractivity contribution is 7.89. The van der Waals surface area contributed by atoms with Crippen LogP contribution in [0.1, 0.15) is 11.5 Å². The summed E-state index contributed by atoms with van der Waals surface area (Å²) in [5, 5.41) is 12.0. The fraction of sp³-hybridized carbons (Fsp3) is 0.231. The molecular weight excluding hydrogens is 294 g/mol. The summed E-state index contributed by atoms with van der Waals surface area (Å²) in [4.78, 5) is 3.94. The smallest absolute Gasteiger partial charge is 0.240 e. The van der Waals surface area contributed by atoms with Crippen LogP contribution in [0, 0.1) is 11.8 Å². The highest BCUT2D eigenvalue weighted by atomic mass is 32.2. The first kappa shape index (κ1) is 15.2. The van der Waals surface area contributed by atoms with Gasteiger partial charge in [0.1, 0.15) is 6.61 Å². The number of aliphatic hydroxyl groups excluding tert-OH is 1. The Labute approximate surface area is 122 Å². The predicted octanol–water partition coefficient (Wildman–Crippen LogP) is -0.0656. The van der Waals surface area contributed by atoms with Crippen LogP contribution in [-0.4, -0.2) is 36.8 Å². The Hall–Kier alpha value is -2.21. The topological polar surface area (TPSA) is 105 Å². The zero-order chi connectivity index (χ0) is 15.1. The van der Waals surface area contributed by atoms with E-state index in [4.69, 9.17) is 9.63 Å². The van der Waals surface area contributed by atoms with Gasteiger partial charge in [-0.3, -0.25) is 0 Å². The number of hydrogen-bond acceptors (Lipinski definition) is 6. The average molecular weight is 307 g/mol. The van der Waals surface area contributed by atoms with Gasteiger partial charge < -0.3 is 9.63 Å². The molecule has 21 heavy (non-hydrogen) atoms. The van der Waals surface area contributed by atoms with Crippen LogP contribution in [0.4, 0.5) is 0 Å². The Morgan fingerprint density at radius 2 is 2.05 bits per heavy atom. The summed E-state index contributed by atoms with van der Waals surface area (Å²) in [5.41, 5.74) is 0.633. The summed E-state index contributed by atoms with van der Waals surface area (Å²) in [6.07, 6.45) is 1.58. The molecule has 7 nitrogen and oxygen atoms in total. The normalized spacial score (nSPS) is 10.9. The Balaban J connectivity index is 1.98. The molecule has 0 radical (unpaired) electrons. The molecule has 1 aromatic heterocycles. The van der Waals surface area contributed by atoms with E-state index in [0.29, 0.717) is 17.9 Å². The minimum Gasteiger partial charge on any atom is -0.384 e. The zero-order valence-electron chi connectivity index (χ0n) is 11.0. The van der Waals surface area contributed by atoms with Crippen LogP contribution in [-0.2, 0) is 16.4 Å². The fourth-order valence-electron chi connectivity index (χ4n) is 1.54. The Kier molecular flexibility index (Phi) is 5.05. The highest BCUT2D eigenvalue weighted by Crippen LogP contribution is 2.10. The Morgan fingerprint density at radius 3 is 2.67 bits per heavy atom. The molecule has 0 saturated heterocycles. The summed E-state index contributed by atoms with van der Waals surface area (Å²) >= 11 is 0. The summed E-state index contributed by atoms with van der Waals surface area (Å²) in [7, 11) is -3.59. The maximum absolute atomic E-state index is 12.0. The van der Waals surface area contributed by atoms with Crippen molar-refractivity contribution < 1.29 is 18.0 Å². The minimum atomic E-state index is -3.59. The van der Waals surface area contributed by atoms with Crippen molar-refractivity contribution in [3.63, 3.8) is 0 Å². The fourth-order valence-corrected chi connectivity index (χ4v) is 2.57. The Morgan fingerprint density at radius 1 is 1.29 bits per heavy atom. The van der Waals surface area contributed by atoms with Crippen molar-refractivity contribution in [2.45, 2.75) is 11.3 Å². The number of hydrogen-bond donors (Lipinski definition) is 2. The molecule has 0 saturated carbocycles. The van der Waals surface area contributed by atoms with Crippen LogP contribution in [0.2, 0.25) is 0 Å². The lowest BCUT2D eigenvalue weighted by atomic mass is 10.2. The first-order valence-electron chi connectivity index (χ1n) is 6.07. The second-order valence-electron chi connectivity index (χ2n) is 3.97. The second-order valence-corrected chi connectivity index (χ2v) is 5.73. The molecule has 1 heterocycles. The molecule has 0 spiro atoms. The third kappa shape index (κ3) is 4.39. The summed E-state index contributed by atoms with van der Waals surface area (Å²) in [5.74, 6) is 5.55. The van der Waals surface area contributed by atoms with E-state index in [2.05, 4.69) is 26.7 Å². The van der Waals surface area contributed by atoms with Gasteiger partial charge in [-0.1, -0.05) is 17.0 Å². The minimum absolute atomic E-state index is 0.141. The van der Waals surface area contributed by atoms with Gasteiger partial charge in [0, 0.05) is 18.5 Å². The molecule has 0 unspecified atom stereocenters. The molecule has 0 amide bonds. The van der Waals surface area contributed by atoms with Gasteiger partial charge in [-0.25, -0.2) is 13.1 Å². The number of sulfonamides is 1. The van der Waals surface area contributed by atoms with E-state index in [1.165, 1.54) is 18.5 Å². The van der Waals surface area contributed by atoms with Gasteiger partial charge >= 0.3 is 0 Å². The first-order valence-corrected chi connectivity index (χ1v) is 7.55. The van der Waals surface area contributed by atoms with Crippen LogP contribution in [0.25, 0.3) is 0 Å². The van der Waals surface area contributed by atoms with E-state index in [1.54, 1.807) is 12.1 Å². The van der Waals surface area contributed by atoms with Gasteiger partial charge in [0.15, 0.2) is 6.33 Å². The van der Waals surface area contributed by atoms with Crippen LogP contribution in [0.3, 0.4) is 0 Å². The maximum Gasteiger partial charge on any atom is 0.240 e. The summed E-state index contributed by atoms with van der Waals surface area (Å²) in [6, 6.07) is 6.07. The van der Waals surface area contributed by atoms with Crippen LogP contribution in [0.5, 0.6) is 0 Å². The molecule has 0 atom stereocenters. The van der Waals surface area contributed by atoms with Crippen molar-refractivity contribution in [1.82, 2.24) is 14.9 Å². The molecule has 2 aromatic rings. The third-order valence-corrected chi connectivity index (χ3v) is 3.99. The van der Waals surface area contributed by atoms with Gasteiger partial charge in [0.2, 0.25) is 15.9 Å². The molecule has 0 aliphatic carbocycles. The lowest BCUT2D eigenvalue weighted by molar-refractivity contribution is 0.350. The van der Waals surface area contributed by atoms with Crippen molar-refractivity contribution in [3.05, 3.63) is 42.0 Å². The number of benzene rings is 1. The van der Waals surface area contributed by atoms with Gasteiger partial charge in [-0.15, -0.1) is 0 Å². The van der Waals surface area contributed by atoms with E-state index >= 15 is 0 Å². The van der Waals surface area contributed by atoms with E-state index in [9.17, 15) is 8.42 Å². The van der Waals surface area contributed by atoms with Crippen LogP contribution >= 0.6 is 0 Å². The van der Waals surface area contributed by atoms with Crippen molar-refractivity contribution in [2.75, 3.05) is 13.2 Å². The number of aliphatic hydroxyl groups is 1. The number of nitrogens with one attached hydrogen (secondary N) is 1. The standard InChI is InChI=1S/C13H13N3O4S/c17-9-1-2-11-3-5-12(6-4-11)21(18,19)16-8-7-13-14-10-15-20-13/h3-6,10,16-17H,7-9H2. The van der Waals surface area contributed by atoms with E-state index in [-0.39, 0.29) is 18.0 Å². The molecular formula is C13H13N3O4S. The molecule has 1 aromatic carbocycles. The molecule has 2 rings (SSSR count). The molecule has 110 valence electrons. The lowest BCUT2D eigenvalue weighted by Crippen LogP contribution is -2.26. The van der Waals surface area contributed by atoms with Crippen LogP contribution < -0.4 is 4.72 Å². The molecule has 0 bridgehead atoms. The van der Waals surface area contributed by atoms with Crippen molar-refractivity contribution >= 4 is 10.0 Å². The molecule has 2 N–H and O–H groups in total. The van der Waals surface area contributed by atoms with Crippen molar-refractivity contribution in [2.24, 2.45) is 0 Å². The maximum atomic E-state index is 12.0. The monoisotopic (exact) mass is 307 g/mol. The molecule has 8 heteroatoms. The van der Waals surface area contributed by atoms with Crippen molar-refractivity contribution in [3.8, 4) is 11.8 Å². The summed E-state index contributed by atoms with van der Waals surface area (Å²) < 4.78 is 31.3. The van der Waals surface area contributed by atoms with E-state index < -0.39 is 10.0 Å². The molecule has 0 aliphatic heterocycles. The predicted molar refractivity (Wildman–Crippen MR) is 73.6 cm³/mol. The van der Waals surface area contributed by atoms with Crippen LogP contribution in [0.15, 0.2) is 40.0 Å². The van der Waals surface area contributed by atoms with Gasteiger partial charge in [0.25, 0.3) is 0 Å². The number of aromatic nitrogens is 2. The third-order valence-electron chi connectivity index (χ3n) is 2.51. The molecule has 0 aliphatic rings. The van der Waals surface area contributed by atoms with E-state index in [0.717, 1.165) is 0 Å². The zero-order valence-corrected chi connectivity index (χ0v) is 11.8. The number of rotatable bonds is 5. The summed E-state index contributed by atoms with van der Waals surface area (Å²) in [6.45, 7) is -0.0755. The van der Waals surface area contributed by atoms with E-state index in [1.807, 2.05) is 0 Å². The second kappa shape index (κ2) is 6.99. The van der Waals surface area contributed by atoms with Crippen molar-refractivity contribution in [1.29, 1.82) is 0 Å². The lowest BCUT2D eigenvalue weighted by Gasteiger charge is -2.05. The first-order chi connectivity index (χ1) is 10.1. The SMILES string of the molecule is O=S(=O)(NCCc1ncno1)c1ccc(C#CCO)cc1. The van der Waals surface area contributed by atoms with Gasteiger partial charge in [-0.05, 0) is 24.3 Å². The Bertz CT molecular complexity index is 728. The highest BCUT2D eigenvalue weighted by Gasteiger charge is 2.13. The van der Waals surface area contributed by atoms with Gasteiger partial charge in [-0.2, -0.15) is 4.98 Å². The van der Waals surface area contributed by atoms with Gasteiger partial charge in [0.05, 0.1) is 4.90 Å². The molecule has 0 fully saturated rings. The average Bonchev–Trinajstić information content (AvgIpc) is 2.98. The quantitative estimate of drug-likeness (QED) is 0.749.